The van der Waals surface area contributed by atoms with Gasteiger partial charge >= 0.3 is 5.69 Å². The van der Waals surface area contributed by atoms with Crippen LogP contribution in [-0.2, 0) is 0 Å². The Kier molecular flexibility index (Phi) is 2.90. The molecule has 7 nitrogen and oxygen atoms in total. The molecule has 4 saturated carbocycles. The summed E-state index contributed by atoms with van der Waals surface area (Å²) in [5.41, 5.74) is -1.13. The fraction of sp³-hybridized carbons (Fsp3) is 0.714. The van der Waals surface area contributed by atoms with Crippen LogP contribution in [0.4, 0.5) is 11.5 Å². The maximum atomic E-state index is 11.2. The Bertz CT molecular complexity index is 639. The molecule has 5 rings (SSSR count). The van der Waals surface area contributed by atoms with Gasteiger partial charge in [-0.3, -0.25) is 10.1 Å². The molecule has 0 spiro atoms. The summed E-state index contributed by atoms with van der Waals surface area (Å²) in [7, 11) is 0. The Labute approximate surface area is 132 Å². The lowest BCUT2D eigenvalue weighted by Crippen LogP contribution is -2.62. The molecule has 1 heterocycles. The number of anilines is 1. The van der Waals surface area contributed by atoms with E-state index in [1.807, 2.05) is 0 Å². The van der Waals surface area contributed by atoms with E-state index < -0.39 is 10.5 Å². The fourth-order valence-corrected chi connectivity index (χ4v) is 5.32. The summed E-state index contributed by atoms with van der Waals surface area (Å²) in [5.74, 6) is 1.13. The molecule has 0 aliphatic heterocycles. The molecule has 1 aromatic rings. The van der Waals surface area contributed by atoms with Crippen molar-refractivity contribution in [3.05, 3.63) is 21.6 Å². The molecule has 4 aliphatic rings. The minimum absolute atomic E-state index is 0.0171. The van der Waals surface area contributed by atoms with Crippen molar-refractivity contribution in [1.29, 1.82) is 0 Å². The fourth-order valence-electron chi connectivity index (χ4n) is 5.19. The number of nitro groups is 1. The van der Waals surface area contributed by atoms with Gasteiger partial charge in [0.05, 0.1) is 10.5 Å². The van der Waals surface area contributed by atoms with Crippen LogP contribution in [0.1, 0.15) is 38.5 Å². The summed E-state index contributed by atoms with van der Waals surface area (Å²) in [6.45, 7) is 0. The summed E-state index contributed by atoms with van der Waals surface area (Å²) in [4.78, 5) is 18.4. The molecule has 1 aromatic heterocycles. The van der Waals surface area contributed by atoms with Gasteiger partial charge in [-0.25, -0.2) is 4.98 Å². The Balaban J connectivity index is 1.69. The van der Waals surface area contributed by atoms with Gasteiger partial charge < -0.3 is 10.4 Å². The minimum Gasteiger partial charge on any atom is -0.390 e. The third-order valence-electron chi connectivity index (χ3n) is 5.35. The second kappa shape index (κ2) is 4.52. The zero-order valence-corrected chi connectivity index (χ0v) is 12.7. The molecule has 2 unspecified atom stereocenters. The lowest BCUT2D eigenvalue weighted by atomic mass is 9.51. The molecular formula is C14H17ClN4O3. The zero-order valence-electron chi connectivity index (χ0n) is 12.0. The van der Waals surface area contributed by atoms with Gasteiger partial charge in [-0.15, -0.1) is 0 Å². The number of aliphatic hydroxyl groups is 1. The first-order chi connectivity index (χ1) is 10.4. The number of hydrogen-bond donors (Lipinski definition) is 2. The highest BCUT2D eigenvalue weighted by molar-refractivity contribution is 6.28. The van der Waals surface area contributed by atoms with E-state index in [2.05, 4.69) is 15.3 Å². The lowest BCUT2D eigenvalue weighted by molar-refractivity contribution is -0.384. The molecule has 22 heavy (non-hydrogen) atoms. The summed E-state index contributed by atoms with van der Waals surface area (Å²) in [6, 6.07) is 0. The molecule has 4 bridgehead atoms. The quantitative estimate of drug-likeness (QED) is 0.503. The number of rotatable bonds is 3. The third-order valence-corrected chi connectivity index (χ3v) is 5.53. The van der Waals surface area contributed by atoms with Crippen LogP contribution in [0.3, 0.4) is 0 Å². The van der Waals surface area contributed by atoms with E-state index in [0.29, 0.717) is 18.3 Å². The van der Waals surface area contributed by atoms with Gasteiger partial charge in [0, 0.05) is 5.54 Å². The lowest BCUT2D eigenvalue weighted by Gasteiger charge is -2.60. The normalized spacial score (nSPS) is 39.0. The monoisotopic (exact) mass is 324 g/mol. The number of nitrogens with one attached hydrogen (secondary N) is 1. The highest BCUT2D eigenvalue weighted by atomic mass is 35.5. The van der Waals surface area contributed by atoms with Gasteiger partial charge in [0.1, 0.15) is 6.20 Å². The number of nitrogens with zero attached hydrogens (tertiary/aromatic N) is 3. The van der Waals surface area contributed by atoms with Crippen LogP contribution in [0.25, 0.3) is 0 Å². The van der Waals surface area contributed by atoms with Crippen LogP contribution in [0.5, 0.6) is 0 Å². The average molecular weight is 325 g/mol. The van der Waals surface area contributed by atoms with Crippen LogP contribution in [0.2, 0.25) is 5.28 Å². The van der Waals surface area contributed by atoms with E-state index in [1.54, 1.807) is 0 Å². The van der Waals surface area contributed by atoms with E-state index in [0.717, 1.165) is 38.3 Å². The molecule has 4 fully saturated rings. The molecule has 4 aliphatic carbocycles. The van der Waals surface area contributed by atoms with Gasteiger partial charge in [-0.2, -0.15) is 4.98 Å². The van der Waals surface area contributed by atoms with Gasteiger partial charge in [-0.1, -0.05) is 0 Å². The summed E-state index contributed by atoms with van der Waals surface area (Å²) >= 11 is 5.80. The Hall–Kier alpha value is -1.47. The SMILES string of the molecule is O=[N+]([O-])c1cnc(Cl)nc1NC12CC3CC(CC(O)(C3)C1)C2. The zero-order chi connectivity index (χ0) is 15.5. The molecule has 118 valence electrons. The van der Waals surface area contributed by atoms with Crippen molar-refractivity contribution in [3.63, 3.8) is 0 Å². The van der Waals surface area contributed by atoms with Crippen molar-refractivity contribution >= 4 is 23.1 Å². The largest absolute Gasteiger partial charge is 0.390 e. The maximum Gasteiger partial charge on any atom is 0.329 e. The van der Waals surface area contributed by atoms with Crippen molar-refractivity contribution in [2.75, 3.05) is 5.32 Å². The second-order valence-corrected chi connectivity index (χ2v) is 7.56. The van der Waals surface area contributed by atoms with Crippen molar-refractivity contribution < 1.29 is 10.0 Å². The summed E-state index contributed by atoms with van der Waals surface area (Å²) < 4.78 is 0. The topological polar surface area (TPSA) is 101 Å². The Morgan fingerprint density at radius 3 is 2.64 bits per heavy atom. The molecule has 8 heteroatoms. The van der Waals surface area contributed by atoms with Crippen molar-refractivity contribution in [1.82, 2.24) is 9.97 Å². The molecule has 2 N–H and O–H groups in total. The predicted octanol–water partition coefficient (Wildman–Crippen LogP) is 2.53. The number of aromatic nitrogens is 2. The van der Waals surface area contributed by atoms with Crippen LogP contribution in [0.15, 0.2) is 6.20 Å². The van der Waals surface area contributed by atoms with Gasteiger partial charge in [0.25, 0.3) is 0 Å². The van der Waals surface area contributed by atoms with E-state index in [1.165, 1.54) is 0 Å². The van der Waals surface area contributed by atoms with Crippen LogP contribution < -0.4 is 5.32 Å². The molecule has 0 saturated heterocycles. The van der Waals surface area contributed by atoms with Gasteiger partial charge in [0.15, 0.2) is 0 Å². The molecule has 0 amide bonds. The van der Waals surface area contributed by atoms with Crippen molar-refractivity contribution in [3.8, 4) is 0 Å². The second-order valence-electron chi connectivity index (χ2n) is 7.22. The number of halogens is 1. The Morgan fingerprint density at radius 2 is 2.05 bits per heavy atom. The van der Waals surface area contributed by atoms with Gasteiger partial charge in [0.2, 0.25) is 11.1 Å². The number of hydrogen-bond acceptors (Lipinski definition) is 6. The van der Waals surface area contributed by atoms with E-state index >= 15 is 0 Å². The Morgan fingerprint density at radius 1 is 1.36 bits per heavy atom. The van der Waals surface area contributed by atoms with E-state index in [4.69, 9.17) is 11.6 Å². The highest BCUT2D eigenvalue weighted by Gasteiger charge is 2.57. The van der Waals surface area contributed by atoms with Crippen LogP contribution in [0, 0.1) is 22.0 Å². The standard InChI is InChI=1S/C14H17ClN4O3/c15-12-16-6-10(19(21)22)11(17-12)18-13-2-8-1-9(3-13)5-14(20,4-8)7-13/h6,8-9,20H,1-5,7H2,(H,16,17,18). The first-order valence-electron chi connectivity index (χ1n) is 7.54. The van der Waals surface area contributed by atoms with Crippen LogP contribution in [-0.4, -0.2) is 31.1 Å². The average Bonchev–Trinajstić information content (AvgIpc) is 2.34. The summed E-state index contributed by atoms with van der Waals surface area (Å²) in [5, 5.41) is 25.2. The minimum atomic E-state index is -0.636. The highest BCUT2D eigenvalue weighted by Crippen LogP contribution is 2.58. The maximum absolute atomic E-state index is 11.2. The first kappa shape index (κ1) is 14.1. The van der Waals surface area contributed by atoms with Crippen molar-refractivity contribution in [2.45, 2.75) is 49.7 Å². The molecule has 2 atom stereocenters. The van der Waals surface area contributed by atoms with E-state index in [9.17, 15) is 15.2 Å². The van der Waals surface area contributed by atoms with Crippen LogP contribution >= 0.6 is 11.6 Å². The predicted molar refractivity (Wildman–Crippen MR) is 79.7 cm³/mol. The van der Waals surface area contributed by atoms with E-state index in [-0.39, 0.29) is 22.3 Å². The molecule has 0 radical (unpaired) electrons. The van der Waals surface area contributed by atoms with Gasteiger partial charge in [-0.05, 0) is 62.0 Å². The smallest absolute Gasteiger partial charge is 0.329 e. The molecule has 0 aromatic carbocycles. The molecular weight excluding hydrogens is 308 g/mol. The third kappa shape index (κ3) is 2.23. The summed E-state index contributed by atoms with van der Waals surface area (Å²) in [6.07, 6.45) is 6.44. The first-order valence-corrected chi connectivity index (χ1v) is 7.92. The van der Waals surface area contributed by atoms with Crippen molar-refractivity contribution in [2.24, 2.45) is 11.8 Å².